The third-order valence-corrected chi connectivity index (χ3v) is 7.16. The van der Waals surface area contributed by atoms with Crippen molar-refractivity contribution in [2.45, 2.75) is 5.78 Å². The molecule has 0 aliphatic carbocycles. The Kier molecular flexibility index (Phi) is 7.31. The standard InChI is InChI=1S/C26H23ClNO5P/c1-31-25-15-9-8-14-23(25)28-26(22-18-19(27)16-17-24(22)29)34(30,32-20-10-4-2-5-11-20)33-21-12-6-3-7-13-21/h2-18,26,28-29H,1H3. The first-order chi connectivity index (χ1) is 16.5. The van der Waals surface area contributed by atoms with E-state index in [0.29, 0.717) is 28.0 Å². The summed E-state index contributed by atoms with van der Waals surface area (Å²) < 4.78 is 32.2. The lowest BCUT2D eigenvalue weighted by molar-refractivity contribution is 0.373. The van der Waals surface area contributed by atoms with Crippen molar-refractivity contribution < 1.29 is 23.5 Å². The van der Waals surface area contributed by atoms with E-state index in [1.165, 1.54) is 19.2 Å². The number of nitrogens with one attached hydrogen (secondary N) is 1. The molecule has 0 saturated carbocycles. The van der Waals surface area contributed by atoms with E-state index >= 15 is 0 Å². The first-order valence-electron chi connectivity index (χ1n) is 10.5. The molecule has 1 unspecified atom stereocenters. The molecule has 0 aromatic heterocycles. The highest BCUT2D eigenvalue weighted by atomic mass is 35.5. The van der Waals surface area contributed by atoms with Crippen molar-refractivity contribution in [2.75, 3.05) is 12.4 Å². The number of hydrogen-bond acceptors (Lipinski definition) is 6. The maximum absolute atomic E-state index is 14.6. The number of hydrogen-bond donors (Lipinski definition) is 2. The van der Waals surface area contributed by atoms with Gasteiger partial charge in [0.2, 0.25) is 0 Å². The van der Waals surface area contributed by atoms with Crippen molar-refractivity contribution in [1.29, 1.82) is 0 Å². The summed E-state index contributed by atoms with van der Waals surface area (Å²) in [5, 5.41) is 14.3. The predicted octanol–water partition coefficient (Wildman–Crippen LogP) is 7.52. The van der Waals surface area contributed by atoms with Gasteiger partial charge in [0.25, 0.3) is 0 Å². The number of phenols is 1. The highest BCUT2D eigenvalue weighted by Gasteiger charge is 2.43. The van der Waals surface area contributed by atoms with Crippen molar-refractivity contribution in [2.24, 2.45) is 0 Å². The third-order valence-electron chi connectivity index (χ3n) is 4.95. The molecule has 2 N–H and O–H groups in total. The molecule has 0 heterocycles. The van der Waals surface area contributed by atoms with Gasteiger partial charge in [0.1, 0.15) is 23.0 Å². The lowest BCUT2D eigenvalue weighted by Crippen LogP contribution is -2.19. The van der Waals surface area contributed by atoms with Crippen LogP contribution in [0.5, 0.6) is 23.0 Å². The first-order valence-corrected chi connectivity index (χ1v) is 12.4. The highest BCUT2D eigenvalue weighted by molar-refractivity contribution is 7.55. The molecule has 1 atom stereocenters. The molecule has 174 valence electrons. The maximum Gasteiger partial charge on any atom is 0.457 e. The Morgan fingerprint density at radius 1 is 0.824 bits per heavy atom. The van der Waals surface area contributed by atoms with Gasteiger partial charge < -0.3 is 24.2 Å². The summed E-state index contributed by atoms with van der Waals surface area (Å²) in [7, 11) is -2.59. The molecule has 34 heavy (non-hydrogen) atoms. The Morgan fingerprint density at radius 2 is 1.38 bits per heavy atom. The minimum atomic E-state index is -4.12. The average Bonchev–Trinajstić information content (AvgIpc) is 2.85. The van der Waals surface area contributed by atoms with Crippen LogP contribution in [-0.4, -0.2) is 12.2 Å². The van der Waals surface area contributed by atoms with Gasteiger partial charge in [-0.25, -0.2) is 4.57 Å². The molecule has 0 fully saturated rings. The van der Waals surface area contributed by atoms with Crippen LogP contribution in [0.4, 0.5) is 5.69 Å². The summed E-state index contributed by atoms with van der Waals surface area (Å²) in [6, 6.07) is 29.1. The number of methoxy groups -OCH3 is 1. The van der Waals surface area contributed by atoms with Crippen LogP contribution in [0.15, 0.2) is 103 Å². The normalized spacial score (nSPS) is 11.9. The Bertz CT molecular complexity index is 1240. The van der Waals surface area contributed by atoms with Crippen LogP contribution in [0.2, 0.25) is 5.02 Å². The third kappa shape index (κ3) is 5.48. The highest BCUT2D eigenvalue weighted by Crippen LogP contribution is 2.61. The summed E-state index contributed by atoms with van der Waals surface area (Å²) in [4.78, 5) is 0. The second-order valence-corrected chi connectivity index (χ2v) is 9.70. The van der Waals surface area contributed by atoms with Gasteiger partial charge >= 0.3 is 7.60 Å². The van der Waals surface area contributed by atoms with Crippen LogP contribution in [0.25, 0.3) is 0 Å². The quantitative estimate of drug-likeness (QED) is 0.234. The van der Waals surface area contributed by atoms with Crippen molar-refractivity contribution in [1.82, 2.24) is 0 Å². The molecular weight excluding hydrogens is 473 g/mol. The fourth-order valence-electron chi connectivity index (χ4n) is 3.36. The van der Waals surface area contributed by atoms with Crippen LogP contribution < -0.4 is 19.1 Å². The van der Waals surface area contributed by atoms with E-state index in [0.717, 1.165) is 0 Å². The van der Waals surface area contributed by atoms with Gasteiger partial charge in [0.15, 0.2) is 5.78 Å². The minimum absolute atomic E-state index is 0.120. The number of phenolic OH excluding ortho intramolecular Hbond substituents is 1. The van der Waals surface area contributed by atoms with Gasteiger partial charge in [0, 0.05) is 10.6 Å². The number of halogens is 1. The van der Waals surface area contributed by atoms with Crippen LogP contribution in [0.1, 0.15) is 11.3 Å². The Morgan fingerprint density at radius 3 is 1.97 bits per heavy atom. The molecule has 0 aliphatic heterocycles. The lowest BCUT2D eigenvalue weighted by atomic mass is 10.2. The fourth-order valence-corrected chi connectivity index (χ4v) is 5.47. The van der Waals surface area contributed by atoms with Crippen LogP contribution in [-0.2, 0) is 4.57 Å². The molecule has 6 nitrogen and oxygen atoms in total. The topological polar surface area (TPSA) is 77.0 Å². The number of aromatic hydroxyl groups is 1. The van der Waals surface area contributed by atoms with Gasteiger partial charge in [-0.1, -0.05) is 60.1 Å². The second kappa shape index (κ2) is 10.6. The van der Waals surface area contributed by atoms with E-state index in [2.05, 4.69) is 5.32 Å². The number of rotatable bonds is 9. The summed E-state index contributed by atoms with van der Waals surface area (Å²) in [5.41, 5.74) is 0.775. The molecule has 0 amide bonds. The zero-order valence-electron chi connectivity index (χ0n) is 18.3. The SMILES string of the molecule is COc1ccccc1NC(c1cc(Cl)ccc1O)P(=O)(Oc1ccccc1)Oc1ccccc1. The summed E-state index contributed by atoms with van der Waals surface area (Å²) in [6.45, 7) is 0. The van der Waals surface area contributed by atoms with E-state index in [-0.39, 0.29) is 11.3 Å². The zero-order valence-corrected chi connectivity index (χ0v) is 19.9. The van der Waals surface area contributed by atoms with Gasteiger partial charge in [-0.05, 0) is 54.6 Å². The lowest BCUT2D eigenvalue weighted by Gasteiger charge is -2.30. The largest absolute Gasteiger partial charge is 0.508 e. The van der Waals surface area contributed by atoms with Crippen LogP contribution >= 0.6 is 19.2 Å². The molecule has 4 aromatic carbocycles. The van der Waals surface area contributed by atoms with E-state index in [1.54, 1.807) is 72.8 Å². The van der Waals surface area contributed by atoms with Crippen molar-refractivity contribution in [3.05, 3.63) is 114 Å². The van der Waals surface area contributed by atoms with E-state index < -0.39 is 13.4 Å². The molecule has 0 radical (unpaired) electrons. The molecule has 0 saturated heterocycles. The molecule has 0 aliphatic rings. The Balaban J connectivity index is 1.87. The maximum atomic E-state index is 14.6. The number of ether oxygens (including phenoxy) is 1. The summed E-state index contributed by atoms with van der Waals surface area (Å²) in [5.74, 6) is -0.0709. The number of para-hydroxylation sites is 4. The van der Waals surface area contributed by atoms with Gasteiger partial charge in [-0.2, -0.15) is 0 Å². The van der Waals surface area contributed by atoms with E-state index in [1.807, 2.05) is 18.2 Å². The molecule has 0 spiro atoms. The second-order valence-electron chi connectivity index (χ2n) is 7.30. The van der Waals surface area contributed by atoms with Crippen molar-refractivity contribution >= 4 is 24.9 Å². The molecule has 0 bridgehead atoms. The molecule has 4 rings (SSSR count). The number of benzene rings is 4. The van der Waals surface area contributed by atoms with Crippen molar-refractivity contribution in [3.8, 4) is 23.0 Å². The van der Waals surface area contributed by atoms with Crippen LogP contribution in [0.3, 0.4) is 0 Å². The zero-order chi connectivity index (χ0) is 24.0. The molecule has 8 heteroatoms. The average molecular weight is 496 g/mol. The summed E-state index contributed by atoms with van der Waals surface area (Å²) in [6.07, 6.45) is 0. The molecule has 4 aromatic rings. The fraction of sp³-hybridized carbons (Fsp3) is 0.0769. The summed E-state index contributed by atoms with van der Waals surface area (Å²) >= 11 is 6.26. The van der Waals surface area contributed by atoms with Gasteiger partial charge in [0.05, 0.1) is 12.8 Å². The predicted molar refractivity (Wildman–Crippen MR) is 134 cm³/mol. The van der Waals surface area contributed by atoms with E-state index in [4.69, 9.17) is 25.4 Å². The van der Waals surface area contributed by atoms with Gasteiger partial charge in [-0.3, -0.25) is 0 Å². The van der Waals surface area contributed by atoms with Crippen LogP contribution in [0, 0.1) is 0 Å². The Hall–Kier alpha value is -3.60. The van der Waals surface area contributed by atoms with Gasteiger partial charge in [-0.15, -0.1) is 0 Å². The molecular formula is C26H23ClNO5P. The smallest absolute Gasteiger partial charge is 0.457 e. The monoisotopic (exact) mass is 495 g/mol. The Labute approximate surface area is 203 Å². The van der Waals surface area contributed by atoms with E-state index in [9.17, 15) is 9.67 Å². The van der Waals surface area contributed by atoms with Crippen molar-refractivity contribution in [3.63, 3.8) is 0 Å². The first kappa shape index (κ1) is 23.6. The number of anilines is 1. The minimum Gasteiger partial charge on any atom is -0.508 e.